The number of amides is 1. The van der Waals surface area contributed by atoms with Gasteiger partial charge in [0, 0.05) is 6.54 Å². The zero-order valence-corrected chi connectivity index (χ0v) is 18.8. The summed E-state index contributed by atoms with van der Waals surface area (Å²) in [6, 6.07) is 17.2. The number of rotatable bonds is 8. The summed E-state index contributed by atoms with van der Waals surface area (Å²) in [4.78, 5) is 34.2. The monoisotopic (exact) mass is 448 g/mol. The second-order valence-electron chi connectivity index (χ2n) is 7.33. The lowest BCUT2D eigenvalue weighted by Gasteiger charge is -2.20. The van der Waals surface area contributed by atoms with Gasteiger partial charge in [-0.3, -0.25) is 9.59 Å². The van der Waals surface area contributed by atoms with E-state index in [1.54, 1.807) is 23.1 Å². The molecule has 0 aliphatic carbocycles. The van der Waals surface area contributed by atoms with Crippen LogP contribution in [0.5, 0.6) is 0 Å². The Labute approximate surface area is 189 Å². The molecule has 0 fully saturated rings. The quantitative estimate of drug-likeness (QED) is 0.416. The van der Waals surface area contributed by atoms with Crippen molar-refractivity contribution in [3.05, 3.63) is 82.2 Å². The van der Waals surface area contributed by atoms with E-state index in [-0.39, 0.29) is 23.8 Å². The first-order chi connectivity index (χ1) is 15.5. The normalized spacial score (nSPS) is 11.1. The molecular formula is C23H24N6O2S. The number of para-hydroxylation sites is 1. The average molecular weight is 449 g/mol. The van der Waals surface area contributed by atoms with Gasteiger partial charge in [0.1, 0.15) is 11.6 Å². The van der Waals surface area contributed by atoms with E-state index in [4.69, 9.17) is 0 Å². The maximum Gasteiger partial charge on any atom is 0.258 e. The lowest BCUT2D eigenvalue weighted by atomic mass is 10.2. The standard InChI is InChI=1S/C23H24N6O2S/c1-3-28(14-20-24-19-12-8-7-11-18(19)22(31)25-20)21(30)15-32-23-27-26-16(2)29(23)13-17-9-5-4-6-10-17/h4-12H,3,13-15H2,1-2H3,(H,24,25,31). The molecule has 2 heterocycles. The van der Waals surface area contributed by atoms with Crippen LogP contribution in [-0.4, -0.2) is 47.8 Å². The number of thioether (sulfide) groups is 1. The number of carbonyl (C=O) groups is 1. The number of fused-ring (bicyclic) bond motifs is 1. The Morgan fingerprint density at radius 2 is 1.84 bits per heavy atom. The molecule has 2 aromatic heterocycles. The number of H-pyrrole nitrogens is 1. The molecule has 1 N–H and O–H groups in total. The fraction of sp³-hybridized carbons (Fsp3) is 0.261. The molecule has 0 bridgehead atoms. The van der Waals surface area contributed by atoms with Gasteiger partial charge in [0.2, 0.25) is 5.91 Å². The zero-order chi connectivity index (χ0) is 22.5. The van der Waals surface area contributed by atoms with Crippen LogP contribution in [0, 0.1) is 6.92 Å². The van der Waals surface area contributed by atoms with Crippen LogP contribution in [0.25, 0.3) is 10.9 Å². The molecule has 0 atom stereocenters. The predicted molar refractivity (Wildman–Crippen MR) is 124 cm³/mol. The maximum atomic E-state index is 12.9. The lowest BCUT2D eigenvalue weighted by Crippen LogP contribution is -2.33. The molecule has 9 heteroatoms. The molecule has 0 spiro atoms. The first-order valence-corrected chi connectivity index (χ1v) is 11.4. The Morgan fingerprint density at radius 3 is 2.62 bits per heavy atom. The Bertz CT molecular complexity index is 1280. The Hall–Kier alpha value is -3.46. The minimum atomic E-state index is -0.201. The van der Waals surface area contributed by atoms with Gasteiger partial charge in [-0.05, 0) is 31.5 Å². The number of hydrogen-bond acceptors (Lipinski definition) is 6. The van der Waals surface area contributed by atoms with Crippen molar-refractivity contribution in [1.82, 2.24) is 29.6 Å². The van der Waals surface area contributed by atoms with Crippen molar-refractivity contribution in [3.8, 4) is 0 Å². The minimum absolute atomic E-state index is 0.0554. The Morgan fingerprint density at radius 1 is 1.09 bits per heavy atom. The molecule has 1 amide bonds. The van der Waals surface area contributed by atoms with Crippen LogP contribution in [0.2, 0.25) is 0 Å². The molecule has 32 heavy (non-hydrogen) atoms. The molecule has 0 aliphatic rings. The van der Waals surface area contributed by atoms with Crippen molar-refractivity contribution >= 4 is 28.6 Å². The third-order valence-corrected chi connectivity index (χ3v) is 6.10. The van der Waals surface area contributed by atoms with E-state index in [9.17, 15) is 9.59 Å². The van der Waals surface area contributed by atoms with E-state index in [2.05, 4.69) is 32.3 Å². The number of nitrogens with zero attached hydrogens (tertiary/aromatic N) is 5. The zero-order valence-electron chi connectivity index (χ0n) is 18.0. The van der Waals surface area contributed by atoms with Gasteiger partial charge in [-0.2, -0.15) is 0 Å². The van der Waals surface area contributed by atoms with Crippen molar-refractivity contribution in [1.29, 1.82) is 0 Å². The van der Waals surface area contributed by atoms with E-state index in [1.165, 1.54) is 11.8 Å². The first kappa shape index (κ1) is 21.8. The van der Waals surface area contributed by atoms with Gasteiger partial charge in [-0.15, -0.1) is 10.2 Å². The number of nitrogens with one attached hydrogen (secondary N) is 1. The molecular weight excluding hydrogens is 424 g/mol. The summed E-state index contributed by atoms with van der Waals surface area (Å²) in [6.45, 7) is 5.21. The summed E-state index contributed by atoms with van der Waals surface area (Å²) < 4.78 is 2.01. The topological polar surface area (TPSA) is 96.8 Å². The summed E-state index contributed by atoms with van der Waals surface area (Å²) in [5.74, 6) is 1.43. The van der Waals surface area contributed by atoms with E-state index >= 15 is 0 Å². The summed E-state index contributed by atoms with van der Waals surface area (Å²) in [6.07, 6.45) is 0. The molecule has 2 aromatic carbocycles. The highest BCUT2D eigenvalue weighted by Gasteiger charge is 2.17. The molecule has 4 aromatic rings. The van der Waals surface area contributed by atoms with Crippen LogP contribution in [0.3, 0.4) is 0 Å². The number of aromatic nitrogens is 5. The smallest absolute Gasteiger partial charge is 0.258 e. The largest absolute Gasteiger partial charge is 0.335 e. The molecule has 0 radical (unpaired) electrons. The summed E-state index contributed by atoms with van der Waals surface area (Å²) in [5.41, 5.74) is 1.56. The number of aryl methyl sites for hydroxylation is 1. The van der Waals surface area contributed by atoms with Gasteiger partial charge >= 0.3 is 0 Å². The molecule has 4 rings (SSSR count). The van der Waals surface area contributed by atoms with Crippen LogP contribution in [0.4, 0.5) is 0 Å². The van der Waals surface area contributed by atoms with Crippen LogP contribution in [0.1, 0.15) is 24.1 Å². The van der Waals surface area contributed by atoms with Gasteiger partial charge in [0.25, 0.3) is 5.56 Å². The summed E-state index contributed by atoms with van der Waals surface area (Å²) in [5, 5.41) is 9.66. The third kappa shape index (κ3) is 4.88. The van der Waals surface area contributed by atoms with Crippen molar-refractivity contribution in [2.45, 2.75) is 32.1 Å². The molecule has 0 saturated heterocycles. The highest BCUT2D eigenvalue weighted by Crippen LogP contribution is 2.19. The highest BCUT2D eigenvalue weighted by atomic mass is 32.2. The molecule has 164 valence electrons. The predicted octanol–water partition coefficient (Wildman–Crippen LogP) is 3.01. The minimum Gasteiger partial charge on any atom is -0.335 e. The van der Waals surface area contributed by atoms with Gasteiger partial charge in [-0.1, -0.05) is 54.2 Å². The fourth-order valence-corrected chi connectivity index (χ4v) is 4.29. The maximum absolute atomic E-state index is 12.9. The van der Waals surface area contributed by atoms with E-state index in [0.717, 1.165) is 11.4 Å². The number of carbonyl (C=O) groups excluding carboxylic acids is 1. The summed E-state index contributed by atoms with van der Waals surface area (Å²) >= 11 is 1.36. The van der Waals surface area contributed by atoms with Crippen molar-refractivity contribution in [3.63, 3.8) is 0 Å². The number of hydrogen-bond donors (Lipinski definition) is 1. The highest BCUT2D eigenvalue weighted by molar-refractivity contribution is 7.99. The van der Waals surface area contributed by atoms with E-state index < -0.39 is 0 Å². The van der Waals surface area contributed by atoms with Crippen molar-refractivity contribution in [2.24, 2.45) is 0 Å². The summed E-state index contributed by atoms with van der Waals surface area (Å²) in [7, 11) is 0. The SMILES string of the molecule is CCN(Cc1nc2ccccc2c(=O)[nH]1)C(=O)CSc1nnc(C)n1Cc1ccccc1. The fourth-order valence-electron chi connectivity index (χ4n) is 3.40. The average Bonchev–Trinajstić information content (AvgIpc) is 3.15. The second-order valence-corrected chi connectivity index (χ2v) is 8.27. The molecule has 0 unspecified atom stereocenters. The third-order valence-electron chi connectivity index (χ3n) is 5.15. The van der Waals surface area contributed by atoms with Gasteiger partial charge in [0.15, 0.2) is 5.16 Å². The van der Waals surface area contributed by atoms with Crippen LogP contribution >= 0.6 is 11.8 Å². The van der Waals surface area contributed by atoms with Gasteiger partial charge in [0.05, 0.1) is 29.7 Å². The molecule has 8 nitrogen and oxygen atoms in total. The van der Waals surface area contributed by atoms with E-state index in [0.29, 0.717) is 35.0 Å². The first-order valence-electron chi connectivity index (χ1n) is 10.4. The van der Waals surface area contributed by atoms with Crippen molar-refractivity contribution in [2.75, 3.05) is 12.3 Å². The number of benzene rings is 2. The number of aromatic amines is 1. The molecule has 0 saturated carbocycles. The Balaban J connectivity index is 1.44. The molecule has 0 aliphatic heterocycles. The van der Waals surface area contributed by atoms with Crippen LogP contribution in [0.15, 0.2) is 64.5 Å². The van der Waals surface area contributed by atoms with Gasteiger partial charge < -0.3 is 14.5 Å². The second kappa shape index (κ2) is 9.78. The Kier molecular flexibility index (Phi) is 6.65. The van der Waals surface area contributed by atoms with Gasteiger partial charge in [-0.25, -0.2) is 4.98 Å². The van der Waals surface area contributed by atoms with E-state index in [1.807, 2.05) is 42.7 Å². The van der Waals surface area contributed by atoms with Crippen LogP contribution < -0.4 is 5.56 Å². The lowest BCUT2D eigenvalue weighted by molar-refractivity contribution is -0.128. The van der Waals surface area contributed by atoms with Crippen molar-refractivity contribution < 1.29 is 4.79 Å². The van der Waals surface area contributed by atoms with Crippen LogP contribution in [-0.2, 0) is 17.9 Å².